The minimum atomic E-state index is 0.445. The molecule has 2 aliphatic rings. The monoisotopic (exact) mass is 306 g/mol. The fourth-order valence-corrected chi connectivity index (χ4v) is 3.36. The van der Waals surface area contributed by atoms with Crippen molar-refractivity contribution in [1.82, 2.24) is 9.88 Å². The van der Waals surface area contributed by atoms with Crippen molar-refractivity contribution < 1.29 is 4.74 Å². The van der Waals surface area contributed by atoms with Crippen LogP contribution in [0.3, 0.4) is 0 Å². The SMILES string of the molecule is N#Cc1cnc(N2CCC[C@H]2CN2CCOCC2)c(Cl)c1. The number of ether oxygens (including phenoxy) is 1. The second-order valence-electron chi connectivity index (χ2n) is 5.54. The lowest BCUT2D eigenvalue weighted by atomic mass is 10.2. The number of aromatic nitrogens is 1. The summed E-state index contributed by atoms with van der Waals surface area (Å²) >= 11 is 6.31. The average molecular weight is 307 g/mol. The molecule has 0 amide bonds. The van der Waals surface area contributed by atoms with Crippen molar-refractivity contribution >= 4 is 17.4 Å². The molecule has 0 spiro atoms. The Labute approximate surface area is 130 Å². The second kappa shape index (κ2) is 6.61. The van der Waals surface area contributed by atoms with Gasteiger partial charge in [0.2, 0.25) is 0 Å². The van der Waals surface area contributed by atoms with E-state index in [-0.39, 0.29) is 0 Å². The molecule has 0 unspecified atom stereocenters. The zero-order valence-electron chi connectivity index (χ0n) is 12.0. The van der Waals surface area contributed by atoms with E-state index < -0.39 is 0 Å². The highest BCUT2D eigenvalue weighted by molar-refractivity contribution is 6.33. The highest BCUT2D eigenvalue weighted by atomic mass is 35.5. The van der Waals surface area contributed by atoms with Gasteiger partial charge in [-0.1, -0.05) is 11.6 Å². The van der Waals surface area contributed by atoms with E-state index in [1.165, 1.54) is 0 Å². The van der Waals surface area contributed by atoms with Gasteiger partial charge in [0.1, 0.15) is 11.9 Å². The van der Waals surface area contributed by atoms with E-state index in [0.717, 1.165) is 58.1 Å². The highest BCUT2D eigenvalue weighted by Crippen LogP contribution is 2.30. The molecule has 0 bridgehead atoms. The van der Waals surface area contributed by atoms with E-state index in [2.05, 4.69) is 20.9 Å². The van der Waals surface area contributed by atoms with Crippen molar-refractivity contribution in [3.8, 4) is 6.07 Å². The molecule has 0 saturated carbocycles. The highest BCUT2D eigenvalue weighted by Gasteiger charge is 2.29. The maximum Gasteiger partial charge on any atom is 0.147 e. The summed E-state index contributed by atoms with van der Waals surface area (Å²) in [7, 11) is 0. The Bertz CT molecular complexity index is 539. The van der Waals surface area contributed by atoms with Crippen LogP contribution in [0.5, 0.6) is 0 Å². The van der Waals surface area contributed by atoms with Gasteiger partial charge in [0.25, 0.3) is 0 Å². The number of halogens is 1. The Morgan fingerprint density at radius 3 is 2.90 bits per heavy atom. The lowest BCUT2D eigenvalue weighted by Crippen LogP contribution is -2.45. The quantitative estimate of drug-likeness (QED) is 0.854. The van der Waals surface area contributed by atoms with Gasteiger partial charge in [-0.15, -0.1) is 0 Å². The van der Waals surface area contributed by atoms with Gasteiger partial charge in [0.05, 0.1) is 23.8 Å². The van der Waals surface area contributed by atoms with Gasteiger partial charge >= 0.3 is 0 Å². The molecule has 0 aliphatic carbocycles. The Kier molecular flexibility index (Phi) is 4.59. The van der Waals surface area contributed by atoms with Crippen LogP contribution in [0.15, 0.2) is 12.3 Å². The number of hydrogen-bond donors (Lipinski definition) is 0. The van der Waals surface area contributed by atoms with Gasteiger partial charge in [-0.25, -0.2) is 4.98 Å². The number of nitriles is 1. The number of hydrogen-bond acceptors (Lipinski definition) is 5. The van der Waals surface area contributed by atoms with E-state index >= 15 is 0 Å². The van der Waals surface area contributed by atoms with Crippen molar-refractivity contribution in [1.29, 1.82) is 5.26 Å². The summed E-state index contributed by atoms with van der Waals surface area (Å²) in [6.45, 7) is 5.65. The molecule has 2 saturated heterocycles. The van der Waals surface area contributed by atoms with Gasteiger partial charge in [-0.05, 0) is 18.9 Å². The van der Waals surface area contributed by atoms with Crippen LogP contribution in [0, 0.1) is 11.3 Å². The van der Waals surface area contributed by atoms with Crippen LogP contribution in [0.25, 0.3) is 0 Å². The number of anilines is 1. The van der Waals surface area contributed by atoms with Gasteiger partial charge in [0.15, 0.2) is 0 Å². The van der Waals surface area contributed by atoms with Crippen LogP contribution in [0.1, 0.15) is 18.4 Å². The van der Waals surface area contributed by atoms with E-state index in [1.54, 1.807) is 12.3 Å². The maximum atomic E-state index is 8.91. The molecular formula is C15H19ClN4O. The molecule has 112 valence electrons. The average Bonchev–Trinajstić information content (AvgIpc) is 2.96. The number of morpholine rings is 1. The molecule has 1 aromatic heterocycles. The van der Waals surface area contributed by atoms with Gasteiger partial charge in [-0.3, -0.25) is 4.90 Å². The zero-order valence-corrected chi connectivity index (χ0v) is 12.7. The minimum Gasteiger partial charge on any atom is -0.379 e. The summed E-state index contributed by atoms with van der Waals surface area (Å²) in [5.41, 5.74) is 0.507. The standard InChI is InChI=1S/C15H19ClN4O/c16-14-8-12(9-17)10-18-15(14)20-3-1-2-13(20)11-19-4-6-21-7-5-19/h8,10,13H,1-7,11H2/t13-/m0/s1. The Morgan fingerprint density at radius 1 is 1.38 bits per heavy atom. The number of rotatable bonds is 3. The molecule has 0 radical (unpaired) electrons. The number of nitrogens with zero attached hydrogens (tertiary/aromatic N) is 4. The van der Waals surface area contributed by atoms with Gasteiger partial charge in [0, 0.05) is 38.4 Å². The largest absolute Gasteiger partial charge is 0.379 e. The van der Waals surface area contributed by atoms with Crippen molar-refractivity contribution in [2.75, 3.05) is 44.3 Å². The maximum absolute atomic E-state index is 8.91. The number of pyridine rings is 1. The summed E-state index contributed by atoms with van der Waals surface area (Å²) in [6, 6.07) is 4.22. The van der Waals surface area contributed by atoms with E-state index in [4.69, 9.17) is 21.6 Å². The molecule has 1 aromatic rings. The van der Waals surface area contributed by atoms with Gasteiger partial charge < -0.3 is 9.64 Å². The molecule has 21 heavy (non-hydrogen) atoms. The fraction of sp³-hybridized carbons (Fsp3) is 0.600. The molecule has 1 atom stereocenters. The molecule has 3 rings (SSSR count). The van der Waals surface area contributed by atoms with Gasteiger partial charge in [-0.2, -0.15) is 5.26 Å². The Hall–Kier alpha value is -1.35. The molecule has 2 aliphatic heterocycles. The summed E-state index contributed by atoms with van der Waals surface area (Å²) in [6.07, 6.45) is 3.92. The fourth-order valence-electron chi connectivity index (χ4n) is 3.09. The summed E-state index contributed by atoms with van der Waals surface area (Å²) < 4.78 is 5.40. The third-order valence-corrected chi connectivity index (χ3v) is 4.45. The van der Waals surface area contributed by atoms with E-state index in [1.807, 2.05) is 0 Å². The van der Waals surface area contributed by atoms with Crippen LogP contribution in [0.2, 0.25) is 5.02 Å². The predicted molar refractivity (Wildman–Crippen MR) is 81.6 cm³/mol. The van der Waals surface area contributed by atoms with Crippen LogP contribution < -0.4 is 4.90 Å². The third kappa shape index (κ3) is 3.29. The van der Waals surface area contributed by atoms with Crippen LogP contribution in [0.4, 0.5) is 5.82 Å². The normalized spacial score (nSPS) is 23.2. The minimum absolute atomic E-state index is 0.445. The molecule has 0 N–H and O–H groups in total. The molecule has 0 aromatic carbocycles. The zero-order chi connectivity index (χ0) is 14.7. The van der Waals surface area contributed by atoms with Crippen molar-refractivity contribution in [2.45, 2.75) is 18.9 Å². The first-order valence-corrected chi connectivity index (χ1v) is 7.78. The third-order valence-electron chi connectivity index (χ3n) is 4.17. The Morgan fingerprint density at radius 2 is 2.19 bits per heavy atom. The lowest BCUT2D eigenvalue weighted by molar-refractivity contribution is 0.0354. The smallest absolute Gasteiger partial charge is 0.147 e. The van der Waals surface area contributed by atoms with Crippen molar-refractivity contribution in [3.05, 3.63) is 22.8 Å². The van der Waals surface area contributed by atoms with Crippen molar-refractivity contribution in [3.63, 3.8) is 0 Å². The molecular weight excluding hydrogens is 288 g/mol. The Balaban J connectivity index is 1.72. The van der Waals surface area contributed by atoms with Crippen LogP contribution >= 0.6 is 11.6 Å². The van der Waals surface area contributed by atoms with E-state index in [0.29, 0.717) is 16.6 Å². The first kappa shape index (κ1) is 14.6. The lowest BCUT2D eigenvalue weighted by Gasteiger charge is -2.33. The second-order valence-corrected chi connectivity index (χ2v) is 5.95. The summed E-state index contributed by atoms with van der Waals surface area (Å²) in [4.78, 5) is 9.14. The molecule has 3 heterocycles. The van der Waals surface area contributed by atoms with Crippen LogP contribution in [-0.2, 0) is 4.74 Å². The molecule has 6 heteroatoms. The topological polar surface area (TPSA) is 52.4 Å². The predicted octanol–water partition coefficient (Wildman–Crippen LogP) is 1.91. The molecule has 2 fully saturated rings. The first-order chi connectivity index (χ1) is 10.3. The summed E-state index contributed by atoms with van der Waals surface area (Å²) in [5.74, 6) is 0.812. The van der Waals surface area contributed by atoms with Crippen LogP contribution in [-0.4, -0.2) is 55.3 Å². The first-order valence-electron chi connectivity index (χ1n) is 7.40. The summed E-state index contributed by atoms with van der Waals surface area (Å²) in [5, 5.41) is 9.48. The molecule has 5 nitrogen and oxygen atoms in total. The van der Waals surface area contributed by atoms with Crippen molar-refractivity contribution in [2.24, 2.45) is 0 Å². The van der Waals surface area contributed by atoms with E-state index in [9.17, 15) is 0 Å².